The maximum atomic E-state index is 11.2. The number of aromatic carboxylic acids is 1. The second-order valence-electron chi connectivity index (χ2n) is 6.27. The molecule has 0 aromatic heterocycles. The van der Waals surface area contributed by atoms with Gasteiger partial charge in [0.25, 0.3) is 0 Å². The van der Waals surface area contributed by atoms with Crippen molar-refractivity contribution in [2.24, 2.45) is 0 Å². The lowest BCUT2D eigenvalue weighted by Gasteiger charge is -2.13. The van der Waals surface area contributed by atoms with Crippen molar-refractivity contribution in [3.63, 3.8) is 0 Å². The second kappa shape index (κ2) is 6.08. The van der Waals surface area contributed by atoms with Crippen molar-refractivity contribution >= 4 is 27.5 Å². The lowest BCUT2D eigenvalue weighted by atomic mass is 9.93. The fraction of sp³-hybridized carbons (Fsp3) is 0.0455. The Morgan fingerprint density at radius 1 is 0.731 bits per heavy atom. The lowest BCUT2D eigenvalue weighted by molar-refractivity contribution is 0.0697. The number of rotatable bonds is 3. The maximum absolute atomic E-state index is 11.2. The van der Waals surface area contributed by atoms with Gasteiger partial charge in [0, 0.05) is 17.5 Å². The van der Waals surface area contributed by atoms with Crippen molar-refractivity contribution in [2.75, 3.05) is 0 Å². The van der Waals surface area contributed by atoms with Gasteiger partial charge in [-0.1, -0.05) is 42.5 Å². The zero-order chi connectivity index (χ0) is 18.3. The fourth-order valence-electron chi connectivity index (χ4n) is 3.39. The number of phenols is 2. The van der Waals surface area contributed by atoms with Crippen LogP contribution in [0.25, 0.3) is 21.5 Å². The molecule has 0 heterocycles. The minimum Gasteiger partial charge on any atom is -0.508 e. The van der Waals surface area contributed by atoms with E-state index in [0.717, 1.165) is 27.1 Å². The summed E-state index contributed by atoms with van der Waals surface area (Å²) in [4.78, 5) is 11.2. The molecule has 0 unspecified atom stereocenters. The zero-order valence-corrected chi connectivity index (χ0v) is 13.8. The van der Waals surface area contributed by atoms with Gasteiger partial charge in [-0.3, -0.25) is 0 Å². The van der Waals surface area contributed by atoms with Crippen molar-refractivity contribution < 1.29 is 20.1 Å². The number of hydrogen-bond donors (Lipinski definition) is 3. The van der Waals surface area contributed by atoms with E-state index in [1.54, 1.807) is 30.3 Å². The number of fused-ring (bicyclic) bond motifs is 2. The number of carboxylic acids is 1. The highest BCUT2D eigenvalue weighted by Gasteiger charge is 2.14. The van der Waals surface area contributed by atoms with Crippen LogP contribution in [0.4, 0.5) is 0 Å². The predicted molar refractivity (Wildman–Crippen MR) is 101 cm³/mol. The van der Waals surface area contributed by atoms with Gasteiger partial charge in [0.05, 0.1) is 5.56 Å². The van der Waals surface area contributed by atoms with Crippen molar-refractivity contribution in [1.82, 2.24) is 0 Å². The molecule has 0 fully saturated rings. The average molecular weight is 344 g/mol. The molecule has 0 saturated carbocycles. The van der Waals surface area contributed by atoms with Gasteiger partial charge in [-0.25, -0.2) is 4.79 Å². The quantitative estimate of drug-likeness (QED) is 0.504. The summed E-state index contributed by atoms with van der Waals surface area (Å²) in [5.74, 6) is -0.705. The third-order valence-corrected chi connectivity index (χ3v) is 4.72. The Morgan fingerprint density at radius 2 is 1.35 bits per heavy atom. The highest BCUT2D eigenvalue weighted by atomic mass is 16.4. The number of carboxylic acid groups (broad SMARTS) is 1. The summed E-state index contributed by atoms with van der Waals surface area (Å²) in [6.07, 6.45) is 0.336. The van der Waals surface area contributed by atoms with Gasteiger partial charge in [0.2, 0.25) is 0 Å². The van der Waals surface area contributed by atoms with Gasteiger partial charge < -0.3 is 15.3 Å². The van der Waals surface area contributed by atoms with E-state index in [4.69, 9.17) is 0 Å². The van der Waals surface area contributed by atoms with Crippen LogP contribution in [0.5, 0.6) is 11.5 Å². The molecule has 4 aromatic rings. The first-order valence-corrected chi connectivity index (χ1v) is 8.22. The second-order valence-corrected chi connectivity index (χ2v) is 6.27. The van der Waals surface area contributed by atoms with E-state index in [2.05, 4.69) is 0 Å². The molecule has 4 heteroatoms. The van der Waals surface area contributed by atoms with Crippen LogP contribution < -0.4 is 0 Å². The maximum Gasteiger partial charge on any atom is 0.335 e. The number of hydrogen-bond acceptors (Lipinski definition) is 3. The Balaban J connectivity index is 1.92. The Labute approximate surface area is 149 Å². The van der Waals surface area contributed by atoms with E-state index in [-0.39, 0.29) is 17.1 Å². The number of benzene rings is 4. The fourth-order valence-corrected chi connectivity index (χ4v) is 3.39. The van der Waals surface area contributed by atoms with Crippen molar-refractivity contribution in [1.29, 1.82) is 0 Å². The molecule has 0 aliphatic heterocycles. The van der Waals surface area contributed by atoms with E-state index >= 15 is 0 Å². The van der Waals surface area contributed by atoms with E-state index in [1.807, 2.05) is 30.3 Å². The van der Waals surface area contributed by atoms with Crippen LogP contribution in [-0.4, -0.2) is 21.3 Å². The first kappa shape index (κ1) is 16.0. The van der Waals surface area contributed by atoms with Crippen LogP contribution in [0.1, 0.15) is 21.5 Å². The first-order chi connectivity index (χ1) is 12.5. The first-order valence-electron chi connectivity index (χ1n) is 8.22. The Bertz CT molecular complexity index is 1160. The molecule has 0 amide bonds. The van der Waals surface area contributed by atoms with E-state index in [1.165, 1.54) is 6.07 Å². The minimum atomic E-state index is -0.992. The molecular formula is C22H16O4. The summed E-state index contributed by atoms with van der Waals surface area (Å²) in [5.41, 5.74) is 1.58. The molecule has 0 aliphatic rings. The molecule has 26 heavy (non-hydrogen) atoms. The topological polar surface area (TPSA) is 77.8 Å². The molecule has 0 saturated heterocycles. The summed E-state index contributed by atoms with van der Waals surface area (Å²) in [5, 5.41) is 33.4. The zero-order valence-electron chi connectivity index (χ0n) is 13.8. The van der Waals surface area contributed by atoms with Crippen molar-refractivity contribution in [2.45, 2.75) is 6.42 Å². The van der Waals surface area contributed by atoms with E-state index in [0.29, 0.717) is 12.0 Å². The number of aromatic hydroxyl groups is 2. The Kier molecular flexibility index (Phi) is 3.73. The standard InChI is InChI=1S/C22H16O4/c23-20-9-6-13-3-1-2-4-16(13)18(20)12-19-17-8-5-15(22(25)26)11-14(17)7-10-21(19)24/h1-11,23-24H,12H2,(H,25,26). The monoisotopic (exact) mass is 344 g/mol. The SMILES string of the molecule is O=C(O)c1ccc2c(Cc3c(O)ccc4ccccc34)c(O)ccc2c1. The molecule has 128 valence electrons. The summed E-state index contributed by atoms with van der Waals surface area (Å²) in [6, 6.07) is 19.3. The minimum absolute atomic E-state index is 0.118. The molecular weight excluding hydrogens is 328 g/mol. The summed E-state index contributed by atoms with van der Waals surface area (Å²) in [6.45, 7) is 0. The van der Waals surface area contributed by atoms with Gasteiger partial charge >= 0.3 is 5.97 Å². The average Bonchev–Trinajstić information content (AvgIpc) is 2.65. The van der Waals surface area contributed by atoms with Gasteiger partial charge in [-0.2, -0.15) is 0 Å². The molecule has 4 aromatic carbocycles. The van der Waals surface area contributed by atoms with Gasteiger partial charge in [0.15, 0.2) is 0 Å². The molecule has 0 bridgehead atoms. The Hall–Kier alpha value is -3.53. The molecule has 0 radical (unpaired) electrons. The van der Waals surface area contributed by atoms with Crippen LogP contribution in [0.2, 0.25) is 0 Å². The predicted octanol–water partition coefficient (Wildman–Crippen LogP) is 4.69. The van der Waals surface area contributed by atoms with Gasteiger partial charge in [0.1, 0.15) is 11.5 Å². The summed E-state index contributed by atoms with van der Waals surface area (Å²) < 4.78 is 0. The highest BCUT2D eigenvalue weighted by molar-refractivity contribution is 5.97. The Morgan fingerprint density at radius 3 is 2.04 bits per heavy atom. The van der Waals surface area contributed by atoms with Gasteiger partial charge in [-0.15, -0.1) is 0 Å². The smallest absolute Gasteiger partial charge is 0.335 e. The van der Waals surface area contributed by atoms with Crippen LogP contribution in [0, 0.1) is 0 Å². The highest BCUT2D eigenvalue weighted by Crippen LogP contribution is 2.35. The van der Waals surface area contributed by atoms with Crippen molar-refractivity contribution in [3.05, 3.63) is 83.4 Å². The summed E-state index contributed by atoms with van der Waals surface area (Å²) in [7, 11) is 0. The van der Waals surface area contributed by atoms with Crippen LogP contribution in [0.15, 0.2) is 66.7 Å². The lowest BCUT2D eigenvalue weighted by Crippen LogP contribution is -1.97. The normalized spacial score (nSPS) is 11.1. The van der Waals surface area contributed by atoms with Gasteiger partial charge in [-0.05, 0) is 45.8 Å². The summed E-state index contributed by atoms with van der Waals surface area (Å²) >= 11 is 0. The number of carbonyl (C=O) groups is 1. The molecule has 0 aliphatic carbocycles. The largest absolute Gasteiger partial charge is 0.508 e. The van der Waals surface area contributed by atoms with Crippen LogP contribution >= 0.6 is 0 Å². The van der Waals surface area contributed by atoms with Crippen molar-refractivity contribution in [3.8, 4) is 11.5 Å². The molecule has 0 atom stereocenters. The molecule has 4 nitrogen and oxygen atoms in total. The third-order valence-electron chi connectivity index (χ3n) is 4.72. The van der Waals surface area contributed by atoms with E-state index in [9.17, 15) is 20.1 Å². The van der Waals surface area contributed by atoms with E-state index < -0.39 is 5.97 Å². The molecule has 0 spiro atoms. The third kappa shape index (κ3) is 2.62. The van der Waals surface area contributed by atoms with Crippen LogP contribution in [0.3, 0.4) is 0 Å². The number of phenolic OH excluding ortho intramolecular Hbond substituents is 2. The molecule has 3 N–H and O–H groups in total. The molecule has 4 rings (SSSR count). The van der Waals surface area contributed by atoms with Crippen LogP contribution in [-0.2, 0) is 6.42 Å².